The molecule has 0 saturated carbocycles. The number of Topliss-reactive ketones (excluding diaryl/α,β-unsaturated/α-hetero) is 1. The van der Waals surface area contributed by atoms with Crippen molar-refractivity contribution in [3.05, 3.63) is 70.8 Å². The summed E-state index contributed by atoms with van der Waals surface area (Å²) in [6.07, 6.45) is 2.61. The molecular weight excluding hydrogens is 440 g/mol. The summed E-state index contributed by atoms with van der Waals surface area (Å²) in [7, 11) is 1.59. The number of para-hydroxylation sites is 1. The van der Waals surface area contributed by atoms with Gasteiger partial charge in [-0.2, -0.15) is 0 Å². The number of likely N-dealkylation sites (tertiary alicyclic amines) is 1. The highest BCUT2D eigenvalue weighted by Gasteiger charge is 2.64. The molecule has 170 valence electrons. The van der Waals surface area contributed by atoms with Gasteiger partial charge in [0.1, 0.15) is 6.04 Å². The summed E-state index contributed by atoms with van der Waals surface area (Å²) in [4.78, 5) is 44.3. The highest BCUT2D eigenvalue weighted by Crippen LogP contribution is 2.50. The van der Waals surface area contributed by atoms with Crippen LogP contribution < -0.4 is 4.90 Å². The number of fused-ring (bicyclic) bond motifs is 5. The molecule has 3 aliphatic heterocycles. The number of imide groups is 1. The van der Waals surface area contributed by atoms with E-state index in [0.29, 0.717) is 30.2 Å². The Bertz CT molecular complexity index is 1160. The van der Waals surface area contributed by atoms with Gasteiger partial charge in [0.15, 0.2) is 5.78 Å². The Hall–Kier alpha value is -2.96. The topological polar surface area (TPSA) is 66.9 Å². The molecule has 0 radical (unpaired) electrons. The van der Waals surface area contributed by atoms with Gasteiger partial charge in [0, 0.05) is 42.1 Å². The number of methoxy groups -OCH3 is 1. The number of amides is 2. The van der Waals surface area contributed by atoms with Crippen molar-refractivity contribution in [2.24, 2.45) is 11.8 Å². The lowest BCUT2D eigenvalue weighted by atomic mass is 9.85. The van der Waals surface area contributed by atoms with Crippen molar-refractivity contribution >= 4 is 40.5 Å². The third kappa shape index (κ3) is 3.40. The molecule has 33 heavy (non-hydrogen) atoms. The summed E-state index contributed by atoms with van der Waals surface area (Å²) in [5, 5.41) is 0.534. The summed E-state index contributed by atoms with van der Waals surface area (Å²) in [6, 6.07) is 13.4. The molecule has 2 saturated heterocycles. The third-order valence-corrected chi connectivity index (χ3v) is 7.23. The lowest BCUT2D eigenvalue weighted by Gasteiger charge is -2.38. The van der Waals surface area contributed by atoms with Crippen molar-refractivity contribution in [1.82, 2.24) is 4.90 Å². The SMILES string of the molecule is COCCCN1C(=O)[C@@H]2[C@H](C1=O)[C@@H](C(=O)c1ccc(Cl)cc1)N1c3ccccc3C(C)=C[C@H]21. The van der Waals surface area contributed by atoms with Crippen molar-refractivity contribution in [2.75, 3.05) is 25.2 Å². The van der Waals surface area contributed by atoms with Crippen LogP contribution >= 0.6 is 11.6 Å². The highest BCUT2D eigenvalue weighted by molar-refractivity contribution is 6.30. The zero-order valence-electron chi connectivity index (χ0n) is 18.5. The van der Waals surface area contributed by atoms with Crippen LogP contribution in [0.5, 0.6) is 0 Å². The fourth-order valence-corrected chi connectivity index (χ4v) is 5.66. The Balaban J connectivity index is 1.61. The van der Waals surface area contributed by atoms with E-state index in [1.165, 1.54) is 4.90 Å². The summed E-state index contributed by atoms with van der Waals surface area (Å²) < 4.78 is 5.10. The van der Waals surface area contributed by atoms with Crippen LogP contribution in [0.1, 0.15) is 29.3 Å². The monoisotopic (exact) mass is 464 g/mol. The first-order chi connectivity index (χ1) is 15.9. The molecule has 2 fully saturated rings. The first-order valence-corrected chi connectivity index (χ1v) is 11.5. The second-order valence-corrected chi connectivity index (χ2v) is 9.24. The number of hydrogen-bond acceptors (Lipinski definition) is 5. The minimum absolute atomic E-state index is 0.174. The number of anilines is 1. The predicted octanol–water partition coefficient (Wildman–Crippen LogP) is 3.83. The van der Waals surface area contributed by atoms with Gasteiger partial charge in [-0.05, 0) is 49.2 Å². The van der Waals surface area contributed by atoms with Gasteiger partial charge in [-0.25, -0.2) is 0 Å². The van der Waals surface area contributed by atoms with Gasteiger partial charge in [-0.1, -0.05) is 35.9 Å². The van der Waals surface area contributed by atoms with Gasteiger partial charge in [0.2, 0.25) is 11.8 Å². The lowest BCUT2D eigenvalue weighted by Crippen LogP contribution is -2.49. The van der Waals surface area contributed by atoms with Crippen molar-refractivity contribution < 1.29 is 19.1 Å². The maximum atomic E-state index is 13.9. The molecule has 3 heterocycles. The van der Waals surface area contributed by atoms with Crippen molar-refractivity contribution in [3.63, 3.8) is 0 Å². The molecule has 0 spiro atoms. The zero-order chi connectivity index (χ0) is 23.3. The minimum atomic E-state index is -0.768. The first kappa shape index (κ1) is 21.9. The van der Waals surface area contributed by atoms with Crippen LogP contribution in [0, 0.1) is 11.8 Å². The molecule has 7 heteroatoms. The number of carbonyl (C=O) groups excluding carboxylic acids is 3. The summed E-state index contributed by atoms with van der Waals surface area (Å²) in [6.45, 7) is 2.77. The molecule has 0 unspecified atom stereocenters. The van der Waals surface area contributed by atoms with E-state index in [1.807, 2.05) is 42.2 Å². The molecule has 5 rings (SSSR count). The lowest BCUT2D eigenvalue weighted by molar-refractivity contribution is -0.140. The quantitative estimate of drug-likeness (QED) is 0.369. The predicted molar refractivity (Wildman–Crippen MR) is 126 cm³/mol. The molecule has 2 amide bonds. The summed E-state index contributed by atoms with van der Waals surface area (Å²) in [5.74, 6) is -1.97. The summed E-state index contributed by atoms with van der Waals surface area (Å²) >= 11 is 6.04. The Morgan fingerprint density at radius 2 is 1.73 bits per heavy atom. The van der Waals surface area contributed by atoms with Crippen LogP contribution in [0.2, 0.25) is 5.02 Å². The van der Waals surface area contributed by atoms with E-state index in [9.17, 15) is 14.4 Å². The van der Waals surface area contributed by atoms with E-state index in [-0.39, 0.29) is 23.6 Å². The first-order valence-electron chi connectivity index (χ1n) is 11.1. The van der Waals surface area contributed by atoms with Crippen molar-refractivity contribution in [1.29, 1.82) is 0 Å². The molecule has 2 aromatic carbocycles. The maximum absolute atomic E-state index is 13.9. The van der Waals surface area contributed by atoms with E-state index >= 15 is 0 Å². The van der Waals surface area contributed by atoms with Crippen molar-refractivity contribution in [2.45, 2.75) is 25.4 Å². The van der Waals surface area contributed by atoms with Gasteiger partial charge in [-0.3, -0.25) is 19.3 Å². The number of rotatable bonds is 6. The Kier molecular flexibility index (Phi) is 5.59. The van der Waals surface area contributed by atoms with Gasteiger partial charge in [-0.15, -0.1) is 0 Å². The molecule has 2 aromatic rings. The van der Waals surface area contributed by atoms with Crippen LogP contribution in [-0.2, 0) is 14.3 Å². The number of ketones is 1. The van der Waals surface area contributed by atoms with Crippen molar-refractivity contribution in [3.8, 4) is 0 Å². The molecule has 0 bridgehead atoms. The average Bonchev–Trinajstić information content (AvgIpc) is 3.28. The van der Waals surface area contributed by atoms with E-state index < -0.39 is 17.9 Å². The van der Waals surface area contributed by atoms with Crippen LogP contribution in [0.4, 0.5) is 5.69 Å². The van der Waals surface area contributed by atoms with Crippen LogP contribution in [-0.4, -0.2) is 54.8 Å². The smallest absolute Gasteiger partial charge is 0.235 e. The number of ether oxygens (including phenoxy) is 1. The van der Waals surface area contributed by atoms with Crippen LogP contribution in [0.25, 0.3) is 5.57 Å². The second kappa shape index (κ2) is 8.43. The number of allylic oxidation sites excluding steroid dienone is 1. The Morgan fingerprint density at radius 3 is 2.45 bits per heavy atom. The Labute approximate surface area is 197 Å². The molecule has 0 N–H and O–H groups in total. The molecule has 3 aliphatic rings. The number of benzene rings is 2. The highest BCUT2D eigenvalue weighted by atomic mass is 35.5. The fourth-order valence-electron chi connectivity index (χ4n) is 5.53. The number of hydrogen-bond donors (Lipinski definition) is 0. The normalized spacial score (nSPS) is 25.6. The zero-order valence-corrected chi connectivity index (χ0v) is 19.3. The molecule has 4 atom stereocenters. The number of halogens is 1. The van der Waals surface area contributed by atoms with Gasteiger partial charge in [0.05, 0.1) is 17.9 Å². The van der Waals surface area contributed by atoms with E-state index in [0.717, 1.165) is 16.8 Å². The standard InChI is InChI=1S/C26H25ClN2O4/c1-15-14-20-21-22(26(32)28(25(21)31)12-5-13-33-2)23(24(30)16-8-10-17(27)11-9-16)29(20)19-7-4-3-6-18(15)19/h3-4,6-11,14,20-23H,5,12-13H2,1-2H3/t20-,21+,22+,23+/m1/s1. The maximum Gasteiger partial charge on any atom is 0.235 e. The Morgan fingerprint density at radius 1 is 1.03 bits per heavy atom. The molecule has 0 aromatic heterocycles. The van der Waals surface area contributed by atoms with Gasteiger partial charge >= 0.3 is 0 Å². The number of nitrogens with zero attached hydrogens (tertiary/aromatic N) is 2. The summed E-state index contributed by atoms with van der Waals surface area (Å²) in [5.41, 5.74) is 3.42. The number of carbonyl (C=O) groups is 3. The van der Waals surface area contributed by atoms with Crippen LogP contribution in [0.15, 0.2) is 54.6 Å². The second-order valence-electron chi connectivity index (χ2n) is 8.81. The molecule has 6 nitrogen and oxygen atoms in total. The molecule has 0 aliphatic carbocycles. The fraction of sp³-hybridized carbons (Fsp3) is 0.346. The van der Waals surface area contributed by atoms with E-state index in [2.05, 4.69) is 0 Å². The molecular formula is C26H25ClN2O4. The average molecular weight is 465 g/mol. The van der Waals surface area contributed by atoms with Gasteiger partial charge in [0.25, 0.3) is 0 Å². The van der Waals surface area contributed by atoms with Gasteiger partial charge < -0.3 is 9.64 Å². The van der Waals surface area contributed by atoms with E-state index in [1.54, 1.807) is 31.4 Å². The third-order valence-electron chi connectivity index (χ3n) is 6.97. The largest absolute Gasteiger partial charge is 0.385 e. The van der Waals surface area contributed by atoms with E-state index in [4.69, 9.17) is 16.3 Å². The minimum Gasteiger partial charge on any atom is -0.385 e. The van der Waals surface area contributed by atoms with Crippen LogP contribution in [0.3, 0.4) is 0 Å².